The van der Waals surface area contributed by atoms with Crippen LogP contribution in [0.5, 0.6) is 0 Å². The van der Waals surface area contributed by atoms with Gasteiger partial charge in [0.1, 0.15) is 12.4 Å². The van der Waals surface area contributed by atoms with E-state index in [1.165, 1.54) is 11.8 Å². The van der Waals surface area contributed by atoms with Crippen molar-refractivity contribution in [3.63, 3.8) is 0 Å². The molecule has 1 N–H and O–H groups in total. The SMILES string of the molecule is C=C1/C=N\NC/N=C\C(c2nc(C3CCOCC3)oc2Sc2ccc(Cl)cc2)=C/1. The monoisotopic (exact) mass is 428 g/mol. The molecule has 0 aliphatic carbocycles. The molecule has 1 aromatic carbocycles. The summed E-state index contributed by atoms with van der Waals surface area (Å²) in [5, 5.41) is 5.49. The van der Waals surface area contributed by atoms with Gasteiger partial charge in [-0.2, -0.15) is 5.10 Å². The zero-order chi connectivity index (χ0) is 20.1. The van der Waals surface area contributed by atoms with Crippen LogP contribution in [0, 0.1) is 0 Å². The molecule has 4 rings (SSSR count). The number of aromatic nitrogens is 1. The third kappa shape index (κ3) is 5.18. The van der Waals surface area contributed by atoms with Gasteiger partial charge >= 0.3 is 0 Å². The van der Waals surface area contributed by atoms with Crippen LogP contribution in [0.4, 0.5) is 0 Å². The number of hydrazone groups is 1. The highest BCUT2D eigenvalue weighted by Gasteiger charge is 2.25. The van der Waals surface area contributed by atoms with Gasteiger partial charge in [-0.25, -0.2) is 4.98 Å². The second kappa shape index (κ2) is 9.43. The standard InChI is InChI=1S/C21H21ClN4O2S/c1-14-10-16(12-23-13-25-24-11-14)19-21(29-18-4-2-17(22)3-5-18)28-20(26-19)15-6-8-27-9-7-15/h2-5,10-12,15,25H,1,6-9,13H2/b16-10+,23-12-,24-11-. The van der Waals surface area contributed by atoms with E-state index in [2.05, 4.69) is 22.1 Å². The molecule has 150 valence electrons. The molecule has 29 heavy (non-hydrogen) atoms. The van der Waals surface area contributed by atoms with Crippen LogP contribution in [-0.2, 0) is 4.74 Å². The van der Waals surface area contributed by atoms with Gasteiger partial charge in [-0.15, -0.1) is 0 Å². The summed E-state index contributed by atoms with van der Waals surface area (Å²) in [6, 6.07) is 7.66. The first-order valence-electron chi connectivity index (χ1n) is 9.37. The van der Waals surface area contributed by atoms with Gasteiger partial charge in [0.05, 0.1) is 6.21 Å². The van der Waals surface area contributed by atoms with Crippen LogP contribution in [0.2, 0.25) is 5.02 Å². The average molecular weight is 429 g/mol. The maximum atomic E-state index is 6.26. The van der Waals surface area contributed by atoms with Crippen molar-refractivity contribution in [2.24, 2.45) is 10.1 Å². The number of nitrogens with one attached hydrogen (secondary N) is 1. The number of hydrogen-bond acceptors (Lipinski definition) is 7. The van der Waals surface area contributed by atoms with Crippen molar-refractivity contribution < 1.29 is 9.15 Å². The van der Waals surface area contributed by atoms with Crippen LogP contribution in [0.1, 0.15) is 30.3 Å². The quantitative estimate of drug-likeness (QED) is 0.747. The molecule has 0 bridgehead atoms. The largest absolute Gasteiger partial charge is 0.433 e. The molecule has 0 spiro atoms. The first-order valence-corrected chi connectivity index (χ1v) is 10.6. The minimum Gasteiger partial charge on any atom is -0.433 e. The van der Waals surface area contributed by atoms with Crippen LogP contribution >= 0.6 is 23.4 Å². The molecule has 2 aliphatic heterocycles. The number of halogens is 1. The van der Waals surface area contributed by atoms with E-state index in [0.717, 1.165) is 58.8 Å². The molecule has 0 unspecified atom stereocenters. The zero-order valence-corrected chi connectivity index (χ0v) is 17.4. The lowest BCUT2D eigenvalue weighted by atomic mass is 10.0. The Bertz CT molecular complexity index is 960. The Labute approximate surface area is 178 Å². The Morgan fingerprint density at radius 3 is 2.72 bits per heavy atom. The molecule has 0 atom stereocenters. The van der Waals surface area contributed by atoms with Gasteiger partial charge in [0.25, 0.3) is 0 Å². The lowest BCUT2D eigenvalue weighted by molar-refractivity contribution is 0.0786. The molecular formula is C21H21ClN4O2S. The third-order valence-corrected chi connectivity index (χ3v) is 5.76. The predicted molar refractivity (Wildman–Crippen MR) is 117 cm³/mol. The highest BCUT2D eigenvalue weighted by molar-refractivity contribution is 7.99. The summed E-state index contributed by atoms with van der Waals surface area (Å²) < 4.78 is 11.7. The Balaban J connectivity index is 1.73. The molecule has 8 heteroatoms. The Morgan fingerprint density at radius 1 is 1.14 bits per heavy atom. The van der Waals surface area contributed by atoms with Crippen LogP contribution in [0.25, 0.3) is 5.57 Å². The van der Waals surface area contributed by atoms with Gasteiger partial charge in [-0.1, -0.05) is 18.2 Å². The topological polar surface area (TPSA) is 72.0 Å². The fourth-order valence-corrected chi connectivity index (χ4v) is 4.06. The van der Waals surface area contributed by atoms with E-state index in [-0.39, 0.29) is 5.92 Å². The minimum atomic E-state index is 0.252. The second-order valence-corrected chi connectivity index (χ2v) is 8.17. The number of aliphatic imine (C=N–C) groups is 1. The lowest BCUT2D eigenvalue weighted by Gasteiger charge is -2.18. The normalized spacial score (nSPS) is 22.0. The number of hydrogen-bond donors (Lipinski definition) is 1. The first kappa shape index (κ1) is 19.9. The van der Waals surface area contributed by atoms with Gasteiger partial charge < -0.3 is 9.15 Å². The van der Waals surface area contributed by atoms with E-state index in [1.54, 1.807) is 12.4 Å². The summed E-state index contributed by atoms with van der Waals surface area (Å²) in [6.07, 6.45) is 7.17. The number of benzene rings is 1. The molecule has 1 fully saturated rings. The molecule has 2 aliphatic rings. The predicted octanol–water partition coefficient (Wildman–Crippen LogP) is 4.93. The molecule has 2 aromatic rings. The van der Waals surface area contributed by atoms with Crippen LogP contribution in [0.3, 0.4) is 0 Å². The molecule has 0 radical (unpaired) electrons. The molecule has 0 saturated carbocycles. The number of nitrogens with zero attached hydrogens (tertiary/aromatic N) is 3. The van der Waals surface area contributed by atoms with Gasteiger partial charge in [0.15, 0.2) is 11.0 Å². The highest BCUT2D eigenvalue weighted by Crippen LogP contribution is 2.38. The van der Waals surface area contributed by atoms with E-state index < -0.39 is 0 Å². The zero-order valence-electron chi connectivity index (χ0n) is 15.8. The van der Waals surface area contributed by atoms with Crippen molar-refractivity contribution in [2.75, 3.05) is 19.9 Å². The molecule has 1 aromatic heterocycles. The van der Waals surface area contributed by atoms with Gasteiger partial charge in [-0.05, 0) is 60.5 Å². The van der Waals surface area contributed by atoms with Crippen molar-refractivity contribution >= 4 is 41.4 Å². The van der Waals surface area contributed by atoms with Crippen molar-refractivity contribution in [1.82, 2.24) is 10.4 Å². The summed E-state index contributed by atoms with van der Waals surface area (Å²) in [6.45, 7) is 5.86. The van der Waals surface area contributed by atoms with Gasteiger partial charge in [0, 0.05) is 40.8 Å². The second-order valence-electron chi connectivity index (χ2n) is 6.69. The Morgan fingerprint density at radius 2 is 1.93 bits per heavy atom. The van der Waals surface area contributed by atoms with E-state index in [0.29, 0.717) is 11.7 Å². The minimum absolute atomic E-state index is 0.252. The van der Waals surface area contributed by atoms with E-state index in [1.807, 2.05) is 30.3 Å². The van der Waals surface area contributed by atoms with Crippen LogP contribution < -0.4 is 5.43 Å². The highest BCUT2D eigenvalue weighted by atomic mass is 35.5. The summed E-state index contributed by atoms with van der Waals surface area (Å²) in [5.74, 6) is 0.994. The summed E-state index contributed by atoms with van der Waals surface area (Å²) in [5.41, 5.74) is 5.19. The maximum absolute atomic E-state index is 6.26. The number of oxazole rings is 1. The lowest BCUT2D eigenvalue weighted by Crippen LogP contribution is -2.14. The average Bonchev–Trinajstić information content (AvgIpc) is 3.19. The fourth-order valence-electron chi connectivity index (χ4n) is 3.06. The third-order valence-electron chi connectivity index (χ3n) is 4.54. The van der Waals surface area contributed by atoms with Gasteiger partial charge in [0.2, 0.25) is 0 Å². The van der Waals surface area contributed by atoms with Crippen molar-refractivity contribution in [3.8, 4) is 0 Å². The maximum Gasteiger partial charge on any atom is 0.199 e. The van der Waals surface area contributed by atoms with E-state index in [4.69, 9.17) is 25.7 Å². The number of rotatable bonds is 4. The molecule has 6 nitrogen and oxygen atoms in total. The molecular weight excluding hydrogens is 408 g/mol. The van der Waals surface area contributed by atoms with Crippen molar-refractivity contribution in [3.05, 3.63) is 59.1 Å². The van der Waals surface area contributed by atoms with Gasteiger partial charge in [-0.3, -0.25) is 10.4 Å². The molecule has 3 heterocycles. The van der Waals surface area contributed by atoms with Crippen LogP contribution in [0.15, 0.2) is 67.0 Å². The number of ether oxygens (including phenoxy) is 1. The first-order chi connectivity index (χ1) is 14.2. The van der Waals surface area contributed by atoms with Crippen molar-refractivity contribution in [2.45, 2.75) is 28.7 Å². The molecule has 0 amide bonds. The fraction of sp³-hybridized carbons (Fsp3) is 0.286. The van der Waals surface area contributed by atoms with Crippen LogP contribution in [-0.4, -0.2) is 37.3 Å². The smallest absolute Gasteiger partial charge is 0.199 e. The van der Waals surface area contributed by atoms with E-state index >= 15 is 0 Å². The Kier molecular flexibility index (Phi) is 6.49. The summed E-state index contributed by atoms with van der Waals surface area (Å²) in [7, 11) is 0. The van der Waals surface area contributed by atoms with E-state index in [9.17, 15) is 0 Å². The summed E-state index contributed by atoms with van der Waals surface area (Å²) in [4.78, 5) is 10.3. The van der Waals surface area contributed by atoms with Crippen molar-refractivity contribution in [1.29, 1.82) is 0 Å². The Hall–Kier alpha value is -2.35. The number of allylic oxidation sites excluding steroid dienone is 3. The summed E-state index contributed by atoms with van der Waals surface area (Å²) >= 11 is 7.55. The molecule has 1 saturated heterocycles.